The van der Waals surface area contributed by atoms with Crippen molar-refractivity contribution in [2.45, 2.75) is 32.6 Å². The predicted octanol–water partition coefficient (Wildman–Crippen LogP) is 2.03. The summed E-state index contributed by atoms with van der Waals surface area (Å²) in [4.78, 5) is 20.3. The molecular weight excluding hydrogens is 266 g/mol. The van der Waals surface area contributed by atoms with Gasteiger partial charge in [-0.05, 0) is 38.4 Å². The molecule has 0 aliphatic rings. The summed E-state index contributed by atoms with van der Waals surface area (Å²) in [5, 5.41) is 2.85. The van der Waals surface area contributed by atoms with E-state index < -0.39 is 0 Å². The molecule has 2 aromatic heterocycles. The Morgan fingerprint density at radius 2 is 2.14 bits per heavy atom. The average molecular weight is 287 g/mol. The Bertz CT molecular complexity index is 576. The Morgan fingerprint density at radius 3 is 2.76 bits per heavy atom. The molecule has 2 heterocycles. The lowest BCUT2D eigenvalue weighted by atomic mass is 10.2. The van der Waals surface area contributed by atoms with Crippen LogP contribution in [0.4, 0.5) is 5.69 Å². The molecule has 3 N–H and O–H groups in total. The molecule has 0 bridgehead atoms. The van der Waals surface area contributed by atoms with Crippen LogP contribution in [0.5, 0.6) is 0 Å². The molecule has 2 rings (SSSR count). The van der Waals surface area contributed by atoms with E-state index in [1.54, 1.807) is 12.4 Å². The second kappa shape index (κ2) is 7.54. The first-order valence-electron chi connectivity index (χ1n) is 7.17. The van der Waals surface area contributed by atoms with E-state index >= 15 is 0 Å². The standard InChI is InChI=1S/C15H21N5O/c1-12-17-9-10-20(12)14-7-6-13(11-18-14)19-15(21)5-3-2-4-8-16/h6-7,9-11H,2-5,8,16H2,1H3,(H,19,21). The van der Waals surface area contributed by atoms with Crippen molar-refractivity contribution in [1.29, 1.82) is 0 Å². The Balaban J connectivity index is 1.88. The first kappa shape index (κ1) is 15.2. The molecule has 112 valence electrons. The van der Waals surface area contributed by atoms with Crippen LogP contribution in [0.2, 0.25) is 0 Å². The van der Waals surface area contributed by atoms with Gasteiger partial charge in [-0.15, -0.1) is 0 Å². The van der Waals surface area contributed by atoms with Gasteiger partial charge in [-0.25, -0.2) is 9.97 Å². The van der Waals surface area contributed by atoms with Gasteiger partial charge in [0, 0.05) is 18.8 Å². The molecule has 0 aliphatic carbocycles. The van der Waals surface area contributed by atoms with Gasteiger partial charge in [0.25, 0.3) is 0 Å². The number of nitrogens with one attached hydrogen (secondary N) is 1. The maximum Gasteiger partial charge on any atom is 0.224 e. The summed E-state index contributed by atoms with van der Waals surface area (Å²) in [5.41, 5.74) is 6.13. The minimum Gasteiger partial charge on any atom is -0.330 e. The summed E-state index contributed by atoms with van der Waals surface area (Å²) in [6, 6.07) is 3.71. The number of amides is 1. The number of nitrogens with two attached hydrogens (primary N) is 1. The lowest BCUT2D eigenvalue weighted by Crippen LogP contribution is -2.12. The van der Waals surface area contributed by atoms with Crippen LogP contribution < -0.4 is 11.1 Å². The number of imidazole rings is 1. The molecule has 6 heteroatoms. The van der Waals surface area contributed by atoms with Gasteiger partial charge in [0.2, 0.25) is 5.91 Å². The monoisotopic (exact) mass is 287 g/mol. The molecule has 21 heavy (non-hydrogen) atoms. The van der Waals surface area contributed by atoms with E-state index in [4.69, 9.17) is 5.73 Å². The second-order valence-electron chi connectivity index (χ2n) is 4.90. The zero-order valence-corrected chi connectivity index (χ0v) is 12.2. The van der Waals surface area contributed by atoms with E-state index in [1.807, 2.05) is 29.8 Å². The highest BCUT2D eigenvalue weighted by molar-refractivity contribution is 5.90. The smallest absolute Gasteiger partial charge is 0.224 e. The number of rotatable bonds is 7. The number of hydrogen-bond acceptors (Lipinski definition) is 4. The quantitative estimate of drug-likeness (QED) is 0.763. The Hall–Kier alpha value is -2.21. The average Bonchev–Trinajstić information content (AvgIpc) is 2.91. The van der Waals surface area contributed by atoms with E-state index in [1.165, 1.54) is 0 Å². The number of aryl methyl sites for hydroxylation is 1. The minimum absolute atomic E-state index is 0.0142. The maximum absolute atomic E-state index is 11.8. The van der Waals surface area contributed by atoms with Gasteiger partial charge in [-0.2, -0.15) is 0 Å². The van der Waals surface area contributed by atoms with Crippen molar-refractivity contribution in [1.82, 2.24) is 14.5 Å². The number of pyridine rings is 1. The Morgan fingerprint density at radius 1 is 1.29 bits per heavy atom. The van der Waals surface area contributed by atoms with Gasteiger partial charge >= 0.3 is 0 Å². The number of carbonyl (C=O) groups is 1. The SMILES string of the molecule is Cc1nccn1-c1ccc(NC(=O)CCCCCN)cn1. The topological polar surface area (TPSA) is 85.8 Å². The Kier molecular flexibility index (Phi) is 5.45. The molecule has 0 aliphatic heterocycles. The van der Waals surface area contributed by atoms with Crippen molar-refractivity contribution in [2.24, 2.45) is 5.73 Å². The largest absolute Gasteiger partial charge is 0.330 e. The van der Waals surface area contributed by atoms with Crippen LogP contribution >= 0.6 is 0 Å². The molecule has 0 fully saturated rings. The van der Waals surface area contributed by atoms with Gasteiger partial charge in [-0.1, -0.05) is 6.42 Å². The molecule has 0 radical (unpaired) electrons. The van der Waals surface area contributed by atoms with Crippen LogP contribution in [0.15, 0.2) is 30.7 Å². The molecule has 6 nitrogen and oxygen atoms in total. The van der Waals surface area contributed by atoms with E-state index in [0.29, 0.717) is 18.7 Å². The summed E-state index contributed by atoms with van der Waals surface area (Å²) in [6.45, 7) is 2.60. The first-order chi connectivity index (χ1) is 10.2. The molecule has 0 atom stereocenters. The van der Waals surface area contributed by atoms with E-state index in [9.17, 15) is 4.79 Å². The van der Waals surface area contributed by atoms with Crippen molar-refractivity contribution in [3.63, 3.8) is 0 Å². The van der Waals surface area contributed by atoms with Crippen molar-refractivity contribution in [3.8, 4) is 5.82 Å². The number of unbranched alkanes of at least 4 members (excludes halogenated alkanes) is 2. The van der Waals surface area contributed by atoms with Crippen LogP contribution in [0.25, 0.3) is 5.82 Å². The molecule has 0 saturated carbocycles. The third kappa shape index (κ3) is 4.39. The zero-order chi connectivity index (χ0) is 15.1. The van der Waals surface area contributed by atoms with E-state index in [2.05, 4.69) is 15.3 Å². The number of carbonyl (C=O) groups excluding carboxylic acids is 1. The third-order valence-corrected chi connectivity index (χ3v) is 3.21. The lowest BCUT2D eigenvalue weighted by Gasteiger charge is -2.07. The van der Waals surface area contributed by atoms with Crippen molar-refractivity contribution < 1.29 is 4.79 Å². The van der Waals surface area contributed by atoms with Crippen LogP contribution in [0.1, 0.15) is 31.5 Å². The summed E-state index contributed by atoms with van der Waals surface area (Å²) in [7, 11) is 0. The number of nitrogens with zero attached hydrogens (tertiary/aromatic N) is 3. The highest BCUT2D eigenvalue weighted by Gasteiger charge is 2.04. The van der Waals surface area contributed by atoms with Crippen LogP contribution in [-0.2, 0) is 4.79 Å². The Labute approximate surface area is 124 Å². The van der Waals surface area contributed by atoms with Crippen molar-refractivity contribution in [2.75, 3.05) is 11.9 Å². The van der Waals surface area contributed by atoms with E-state index in [0.717, 1.165) is 30.9 Å². The molecule has 1 amide bonds. The highest BCUT2D eigenvalue weighted by atomic mass is 16.1. The third-order valence-electron chi connectivity index (χ3n) is 3.21. The molecule has 0 spiro atoms. The van der Waals surface area contributed by atoms with Gasteiger partial charge < -0.3 is 11.1 Å². The van der Waals surface area contributed by atoms with E-state index in [-0.39, 0.29) is 5.91 Å². The maximum atomic E-state index is 11.8. The van der Waals surface area contributed by atoms with Gasteiger partial charge in [0.1, 0.15) is 11.6 Å². The van der Waals surface area contributed by atoms with Crippen molar-refractivity contribution in [3.05, 3.63) is 36.5 Å². The lowest BCUT2D eigenvalue weighted by molar-refractivity contribution is -0.116. The van der Waals surface area contributed by atoms with Gasteiger partial charge in [-0.3, -0.25) is 9.36 Å². The second-order valence-corrected chi connectivity index (χ2v) is 4.90. The fraction of sp³-hybridized carbons (Fsp3) is 0.400. The van der Waals surface area contributed by atoms with Crippen LogP contribution in [-0.4, -0.2) is 27.0 Å². The zero-order valence-electron chi connectivity index (χ0n) is 12.2. The highest BCUT2D eigenvalue weighted by Crippen LogP contribution is 2.12. The first-order valence-corrected chi connectivity index (χ1v) is 7.17. The molecule has 0 unspecified atom stereocenters. The van der Waals surface area contributed by atoms with Crippen molar-refractivity contribution >= 4 is 11.6 Å². The molecule has 0 aromatic carbocycles. The van der Waals surface area contributed by atoms with Crippen LogP contribution in [0, 0.1) is 6.92 Å². The molecule has 0 saturated heterocycles. The summed E-state index contributed by atoms with van der Waals surface area (Å²) in [5.74, 6) is 1.67. The van der Waals surface area contributed by atoms with Crippen LogP contribution in [0.3, 0.4) is 0 Å². The molecular formula is C15H21N5O. The minimum atomic E-state index is 0.0142. The fourth-order valence-electron chi connectivity index (χ4n) is 2.05. The molecule has 2 aromatic rings. The van der Waals surface area contributed by atoms with Gasteiger partial charge in [0.05, 0.1) is 11.9 Å². The summed E-state index contributed by atoms with van der Waals surface area (Å²) < 4.78 is 1.89. The fourth-order valence-corrected chi connectivity index (χ4v) is 2.05. The predicted molar refractivity (Wildman–Crippen MR) is 82.2 cm³/mol. The number of hydrogen-bond donors (Lipinski definition) is 2. The summed E-state index contributed by atoms with van der Waals surface area (Å²) >= 11 is 0. The summed E-state index contributed by atoms with van der Waals surface area (Å²) in [6.07, 6.45) is 8.58. The normalized spacial score (nSPS) is 10.6. The number of anilines is 1. The number of aromatic nitrogens is 3. The van der Waals surface area contributed by atoms with Gasteiger partial charge in [0.15, 0.2) is 0 Å².